The fourth-order valence-corrected chi connectivity index (χ4v) is 5.04. The van der Waals surface area contributed by atoms with Gasteiger partial charge in [0.25, 0.3) is 0 Å². The number of nitrogens with one attached hydrogen (secondary N) is 2. The minimum atomic E-state index is -1.03. The quantitative estimate of drug-likeness (QED) is 0.621. The van der Waals surface area contributed by atoms with Crippen molar-refractivity contribution in [3.05, 3.63) is 54.5 Å². The Bertz CT molecular complexity index is 951. The maximum Gasteiger partial charge on any atom is 0.321 e. The molecule has 2 saturated heterocycles. The lowest BCUT2D eigenvalue weighted by molar-refractivity contribution is -0.901. The van der Waals surface area contributed by atoms with Crippen molar-refractivity contribution < 1.29 is 24.0 Å². The van der Waals surface area contributed by atoms with Crippen LogP contribution < -0.4 is 20.2 Å². The van der Waals surface area contributed by atoms with E-state index in [1.165, 1.54) is 29.2 Å². The third-order valence-electron chi connectivity index (χ3n) is 7.02. The Morgan fingerprint density at radius 3 is 2.53 bits per heavy atom. The van der Waals surface area contributed by atoms with E-state index in [-0.39, 0.29) is 30.1 Å². The summed E-state index contributed by atoms with van der Waals surface area (Å²) in [4.78, 5) is 34.1. The largest absolute Gasteiger partial charge is 0.550 e. The number of piperazine rings is 1. The van der Waals surface area contributed by atoms with Gasteiger partial charge in [0.1, 0.15) is 11.6 Å². The third kappa shape index (κ3) is 6.44. The number of rotatable bonds is 7. The van der Waals surface area contributed by atoms with Crippen LogP contribution in [-0.2, 0) is 4.79 Å². The summed E-state index contributed by atoms with van der Waals surface area (Å²) in [5, 5.41) is 14.1. The minimum absolute atomic E-state index is 0.00841. The molecule has 2 aliphatic heterocycles. The molecule has 2 aromatic rings. The molecule has 0 aliphatic carbocycles. The summed E-state index contributed by atoms with van der Waals surface area (Å²) in [5.41, 5.74) is 0.537. The number of anilines is 2. The van der Waals surface area contributed by atoms with Crippen molar-refractivity contribution in [2.24, 2.45) is 11.8 Å². The number of quaternary nitrogens is 1. The summed E-state index contributed by atoms with van der Waals surface area (Å²) >= 11 is 0. The summed E-state index contributed by atoms with van der Waals surface area (Å²) in [6, 6.07) is 11.4. The Morgan fingerprint density at radius 2 is 1.85 bits per heavy atom. The minimum Gasteiger partial charge on any atom is -0.550 e. The smallest absolute Gasteiger partial charge is 0.321 e. The van der Waals surface area contributed by atoms with Crippen molar-refractivity contribution in [1.82, 2.24) is 9.88 Å². The van der Waals surface area contributed by atoms with Crippen molar-refractivity contribution in [2.45, 2.75) is 19.3 Å². The van der Waals surface area contributed by atoms with Crippen LogP contribution in [0.25, 0.3) is 0 Å². The number of aromatic nitrogens is 1. The summed E-state index contributed by atoms with van der Waals surface area (Å²) in [7, 11) is 0. The van der Waals surface area contributed by atoms with Gasteiger partial charge in [0.2, 0.25) is 0 Å². The SMILES string of the molecule is O=C([O-])C[C@@H]1CCN(C(=O)Nc2ccc(F)cc2)C[C@@H]1CC[NH+]1CCN(c2ccccn2)CC1. The van der Waals surface area contributed by atoms with Crippen LogP contribution in [0, 0.1) is 17.7 Å². The van der Waals surface area contributed by atoms with Crippen LogP contribution in [0.1, 0.15) is 19.3 Å². The highest BCUT2D eigenvalue weighted by Gasteiger charge is 2.33. The molecule has 2 fully saturated rings. The van der Waals surface area contributed by atoms with E-state index in [2.05, 4.69) is 15.2 Å². The van der Waals surface area contributed by atoms with Gasteiger partial charge in [-0.05, 0) is 61.1 Å². The van der Waals surface area contributed by atoms with E-state index >= 15 is 0 Å². The molecule has 9 heteroatoms. The summed E-state index contributed by atoms with van der Waals surface area (Å²) in [6.45, 7) is 5.83. The van der Waals surface area contributed by atoms with Crippen LogP contribution in [0.4, 0.5) is 20.7 Å². The summed E-state index contributed by atoms with van der Waals surface area (Å²) in [5.74, 6) is -0.272. The molecule has 0 spiro atoms. The van der Waals surface area contributed by atoms with Crippen molar-refractivity contribution in [2.75, 3.05) is 56.0 Å². The van der Waals surface area contributed by atoms with Gasteiger partial charge in [0.15, 0.2) is 0 Å². The lowest BCUT2D eigenvalue weighted by Gasteiger charge is -2.40. The number of piperidine rings is 1. The summed E-state index contributed by atoms with van der Waals surface area (Å²) < 4.78 is 13.1. The van der Waals surface area contributed by atoms with Crippen LogP contribution in [0.3, 0.4) is 0 Å². The molecule has 34 heavy (non-hydrogen) atoms. The van der Waals surface area contributed by atoms with E-state index in [9.17, 15) is 19.1 Å². The van der Waals surface area contributed by atoms with Crippen LogP contribution in [0.15, 0.2) is 48.7 Å². The van der Waals surface area contributed by atoms with Crippen LogP contribution in [0.5, 0.6) is 0 Å². The first kappa shape index (κ1) is 23.9. The van der Waals surface area contributed by atoms with E-state index in [0.29, 0.717) is 25.2 Å². The van der Waals surface area contributed by atoms with Crippen molar-refractivity contribution in [3.8, 4) is 0 Å². The monoisotopic (exact) mass is 469 g/mol. The van der Waals surface area contributed by atoms with Gasteiger partial charge in [-0.15, -0.1) is 0 Å². The van der Waals surface area contributed by atoms with E-state index < -0.39 is 5.97 Å². The zero-order chi connectivity index (χ0) is 23.9. The van der Waals surface area contributed by atoms with E-state index in [4.69, 9.17) is 0 Å². The van der Waals surface area contributed by atoms with Gasteiger partial charge in [-0.2, -0.15) is 0 Å². The number of hydrogen-bond acceptors (Lipinski definition) is 5. The Kier molecular flexibility index (Phi) is 7.95. The van der Waals surface area contributed by atoms with Gasteiger partial charge in [0.05, 0.1) is 32.7 Å². The number of carbonyl (C=O) groups is 2. The molecular formula is C25H32FN5O3. The second-order valence-corrected chi connectivity index (χ2v) is 9.23. The maximum absolute atomic E-state index is 13.1. The highest BCUT2D eigenvalue weighted by atomic mass is 19.1. The van der Waals surface area contributed by atoms with Gasteiger partial charge < -0.3 is 29.9 Å². The van der Waals surface area contributed by atoms with E-state index in [1.54, 1.807) is 4.90 Å². The average Bonchev–Trinajstić information content (AvgIpc) is 2.85. The number of urea groups is 1. The number of hydrogen-bond donors (Lipinski definition) is 2. The van der Waals surface area contributed by atoms with Gasteiger partial charge in [0, 0.05) is 37.4 Å². The lowest BCUT2D eigenvalue weighted by Crippen LogP contribution is -3.15. The normalized spacial score (nSPS) is 21.3. The number of carbonyl (C=O) groups excluding carboxylic acids is 2. The Hall–Kier alpha value is -3.20. The molecule has 3 heterocycles. The zero-order valence-corrected chi connectivity index (χ0v) is 19.3. The van der Waals surface area contributed by atoms with Crippen LogP contribution >= 0.6 is 0 Å². The summed E-state index contributed by atoms with van der Waals surface area (Å²) in [6.07, 6.45) is 3.34. The van der Waals surface area contributed by atoms with E-state index in [1.807, 2.05) is 24.4 Å². The predicted molar refractivity (Wildman–Crippen MR) is 125 cm³/mol. The second kappa shape index (κ2) is 11.3. The second-order valence-electron chi connectivity index (χ2n) is 9.23. The molecule has 0 unspecified atom stereocenters. The number of carboxylic acids is 1. The van der Waals surface area contributed by atoms with Crippen LogP contribution in [-0.4, -0.2) is 67.7 Å². The molecule has 4 rings (SSSR count). The fourth-order valence-electron chi connectivity index (χ4n) is 5.04. The van der Waals surface area contributed by atoms with Crippen molar-refractivity contribution >= 4 is 23.5 Å². The Labute approximate surface area is 199 Å². The van der Waals surface area contributed by atoms with Crippen LogP contribution in [0.2, 0.25) is 0 Å². The Balaban J connectivity index is 1.30. The number of carboxylic acid groups (broad SMARTS) is 1. The predicted octanol–water partition coefficient (Wildman–Crippen LogP) is 0.626. The molecule has 1 aromatic heterocycles. The molecule has 8 nitrogen and oxygen atoms in total. The first-order chi connectivity index (χ1) is 16.5. The first-order valence-corrected chi connectivity index (χ1v) is 12.0. The molecule has 2 aliphatic rings. The standard InChI is InChI=1S/C25H32FN5O3/c26-21-4-6-22(7-5-21)28-25(34)31-12-9-19(17-24(32)33)20(18-31)8-11-29-13-15-30(16-14-29)23-3-1-2-10-27-23/h1-7,10,19-20H,8-9,11-18H2,(H,28,34)(H,32,33)/t19-,20-/m0/s1. The number of likely N-dealkylation sites (tertiary alicyclic amines) is 1. The highest BCUT2D eigenvalue weighted by molar-refractivity contribution is 5.89. The molecule has 2 amide bonds. The van der Waals surface area contributed by atoms with Gasteiger partial charge in [-0.25, -0.2) is 14.2 Å². The number of aliphatic carboxylic acids is 1. The van der Waals surface area contributed by atoms with Gasteiger partial charge >= 0.3 is 6.03 Å². The molecule has 2 N–H and O–H groups in total. The number of halogens is 1. The Morgan fingerprint density at radius 1 is 1.09 bits per heavy atom. The van der Waals surface area contributed by atoms with E-state index in [0.717, 1.165) is 45.0 Å². The average molecular weight is 470 g/mol. The molecule has 1 aromatic carbocycles. The van der Waals surface area contributed by atoms with Gasteiger partial charge in [-0.3, -0.25) is 0 Å². The molecule has 0 bridgehead atoms. The van der Waals surface area contributed by atoms with Crippen molar-refractivity contribution in [1.29, 1.82) is 0 Å². The molecule has 2 atom stereocenters. The van der Waals surface area contributed by atoms with Gasteiger partial charge in [-0.1, -0.05) is 6.07 Å². The highest BCUT2D eigenvalue weighted by Crippen LogP contribution is 2.29. The zero-order valence-electron chi connectivity index (χ0n) is 19.3. The first-order valence-electron chi connectivity index (χ1n) is 12.0. The lowest BCUT2D eigenvalue weighted by atomic mass is 9.81. The number of amides is 2. The topological polar surface area (TPSA) is 93.0 Å². The fraction of sp³-hybridized carbons (Fsp3) is 0.480. The molecular weight excluding hydrogens is 437 g/mol. The number of benzene rings is 1. The number of pyridine rings is 1. The molecule has 0 radical (unpaired) electrons. The van der Waals surface area contributed by atoms with Crippen molar-refractivity contribution in [3.63, 3.8) is 0 Å². The number of nitrogens with zero attached hydrogens (tertiary/aromatic N) is 3. The maximum atomic E-state index is 13.1. The molecule has 0 saturated carbocycles. The third-order valence-corrected chi connectivity index (χ3v) is 7.02. The molecule has 182 valence electrons.